The summed E-state index contributed by atoms with van der Waals surface area (Å²) < 4.78 is 24.5. The lowest BCUT2D eigenvalue weighted by Crippen LogP contribution is -2.21. The van der Waals surface area contributed by atoms with Gasteiger partial charge in [0.1, 0.15) is 0 Å². The van der Waals surface area contributed by atoms with Crippen LogP contribution in [0.2, 0.25) is 0 Å². The first-order valence-corrected chi connectivity index (χ1v) is 8.60. The zero-order valence-corrected chi connectivity index (χ0v) is 13.9. The Morgan fingerprint density at radius 3 is 2.73 bits per heavy atom. The van der Waals surface area contributed by atoms with Crippen LogP contribution in [0, 0.1) is 0 Å². The number of aromatic nitrogens is 1. The third kappa shape index (κ3) is 1.90. The van der Waals surface area contributed by atoms with Gasteiger partial charge in [-0.1, -0.05) is 12.1 Å². The minimum absolute atomic E-state index is 0.0323. The molecule has 4 heterocycles. The lowest BCUT2D eigenvalue weighted by atomic mass is 10.0. The van der Waals surface area contributed by atoms with Crippen molar-refractivity contribution in [3.8, 4) is 28.7 Å². The maximum atomic E-state index is 5.77. The fourth-order valence-corrected chi connectivity index (χ4v) is 3.94. The van der Waals surface area contributed by atoms with Crippen LogP contribution in [0.15, 0.2) is 48.7 Å². The first kappa shape index (κ1) is 14.1. The van der Waals surface area contributed by atoms with Crippen LogP contribution in [-0.4, -0.2) is 18.2 Å². The lowest BCUT2D eigenvalue weighted by Gasteiger charge is -2.18. The molecule has 0 saturated heterocycles. The van der Waals surface area contributed by atoms with Crippen LogP contribution >= 0.6 is 0 Å². The van der Waals surface area contributed by atoms with E-state index in [0.717, 1.165) is 46.5 Å². The van der Waals surface area contributed by atoms with Crippen molar-refractivity contribution in [3.63, 3.8) is 0 Å². The van der Waals surface area contributed by atoms with E-state index in [1.807, 2.05) is 12.1 Å². The monoisotopic (exact) mass is 348 g/mol. The van der Waals surface area contributed by atoms with Crippen molar-refractivity contribution in [1.29, 1.82) is 0 Å². The van der Waals surface area contributed by atoms with Gasteiger partial charge in [0, 0.05) is 18.4 Å². The van der Waals surface area contributed by atoms with E-state index in [4.69, 9.17) is 18.9 Å². The SMILES string of the molecule is c1cc2n(c1)-c1c(ccc3c1OCO3)CN[C@H]2c1ccc2c(c1)OCO2. The average Bonchev–Trinajstić information content (AvgIpc) is 3.40. The highest BCUT2D eigenvalue weighted by molar-refractivity contribution is 5.63. The molecule has 130 valence electrons. The number of rotatable bonds is 1. The topological polar surface area (TPSA) is 53.9 Å². The molecule has 3 aliphatic heterocycles. The molecule has 6 nitrogen and oxygen atoms in total. The van der Waals surface area contributed by atoms with E-state index in [9.17, 15) is 0 Å². The van der Waals surface area contributed by atoms with Crippen LogP contribution in [0.25, 0.3) is 5.69 Å². The molecule has 26 heavy (non-hydrogen) atoms. The van der Waals surface area contributed by atoms with Crippen LogP contribution in [0.4, 0.5) is 0 Å². The van der Waals surface area contributed by atoms with E-state index in [1.54, 1.807) is 0 Å². The van der Waals surface area contributed by atoms with Gasteiger partial charge in [-0.05, 0) is 41.5 Å². The lowest BCUT2D eigenvalue weighted by molar-refractivity contribution is 0.173. The Kier molecular flexibility index (Phi) is 2.81. The van der Waals surface area contributed by atoms with Crippen molar-refractivity contribution in [1.82, 2.24) is 9.88 Å². The molecule has 1 N–H and O–H groups in total. The van der Waals surface area contributed by atoms with Crippen molar-refractivity contribution < 1.29 is 18.9 Å². The second-order valence-corrected chi connectivity index (χ2v) is 6.54. The number of nitrogens with one attached hydrogen (secondary N) is 1. The highest BCUT2D eigenvalue weighted by Gasteiger charge is 2.29. The molecule has 6 rings (SSSR count). The predicted molar refractivity (Wildman–Crippen MR) is 93.1 cm³/mol. The van der Waals surface area contributed by atoms with Crippen LogP contribution in [0.5, 0.6) is 23.0 Å². The molecule has 2 aromatic carbocycles. The van der Waals surface area contributed by atoms with Crippen molar-refractivity contribution in [2.75, 3.05) is 13.6 Å². The van der Waals surface area contributed by atoms with Gasteiger partial charge in [0.2, 0.25) is 13.6 Å². The zero-order chi connectivity index (χ0) is 17.1. The van der Waals surface area contributed by atoms with Gasteiger partial charge in [-0.3, -0.25) is 0 Å². The van der Waals surface area contributed by atoms with Crippen molar-refractivity contribution in [3.05, 3.63) is 65.5 Å². The first-order chi connectivity index (χ1) is 12.9. The molecule has 1 aromatic heterocycles. The standard InChI is InChI=1S/C20H16N2O4/c1-2-14-18(12-3-5-15-17(8-12)25-10-23-15)21-9-13-4-6-16-20(26-11-24-16)19(13)22(14)7-1/h1-8,18,21H,9-11H2/t18-/m0/s1. The van der Waals surface area contributed by atoms with Gasteiger partial charge in [0.15, 0.2) is 23.0 Å². The van der Waals surface area contributed by atoms with E-state index >= 15 is 0 Å². The van der Waals surface area contributed by atoms with Crippen LogP contribution in [-0.2, 0) is 6.54 Å². The minimum Gasteiger partial charge on any atom is -0.454 e. The molecule has 0 fully saturated rings. The highest BCUT2D eigenvalue weighted by atomic mass is 16.7. The number of ether oxygens (including phenoxy) is 4. The van der Waals surface area contributed by atoms with E-state index in [-0.39, 0.29) is 19.6 Å². The highest BCUT2D eigenvalue weighted by Crippen LogP contribution is 2.43. The predicted octanol–water partition coefficient (Wildman–Crippen LogP) is 3.13. The fraction of sp³-hybridized carbons (Fsp3) is 0.200. The van der Waals surface area contributed by atoms with E-state index in [1.165, 1.54) is 5.56 Å². The molecule has 0 amide bonds. The van der Waals surface area contributed by atoms with E-state index < -0.39 is 0 Å². The normalized spacial score (nSPS) is 19.0. The molecule has 0 saturated carbocycles. The molecule has 3 aromatic rings. The number of hydrogen-bond donors (Lipinski definition) is 1. The molecule has 1 atom stereocenters. The van der Waals surface area contributed by atoms with Gasteiger partial charge >= 0.3 is 0 Å². The number of hydrogen-bond acceptors (Lipinski definition) is 5. The summed E-state index contributed by atoms with van der Waals surface area (Å²) in [5.74, 6) is 3.20. The molecule has 0 bridgehead atoms. The number of benzene rings is 2. The van der Waals surface area contributed by atoms with Crippen molar-refractivity contribution in [2.45, 2.75) is 12.6 Å². The summed E-state index contributed by atoms with van der Waals surface area (Å²) in [5.41, 5.74) is 4.51. The Morgan fingerprint density at radius 1 is 0.885 bits per heavy atom. The third-order valence-corrected chi connectivity index (χ3v) is 5.14. The summed E-state index contributed by atoms with van der Waals surface area (Å²) >= 11 is 0. The Morgan fingerprint density at radius 2 is 1.73 bits per heavy atom. The average molecular weight is 348 g/mol. The van der Waals surface area contributed by atoms with Gasteiger partial charge in [-0.15, -0.1) is 0 Å². The second-order valence-electron chi connectivity index (χ2n) is 6.54. The maximum Gasteiger partial charge on any atom is 0.231 e. The Bertz CT molecular complexity index is 1030. The maximum absolute atomic E-state index is 5.77. The minimum atomic E-state index is 0.0323. The Balaban J connectivity index is 1.51. The van der Waals surface area contributed by atoms with Crippen LogP contribution in [0.3, 0.4) is 0 Å². The molecule has 3 aliphatic rings. The number of fused-ring (bicyclic) bond motifs is 6. The fourth-order valence-electron chi connectivity index (χ4n) is 3.94. The van der Waals surface area contributed by atoms with Gasteiger partial charge < -0.3 is 28.8 Å². The van der Waals surface area contributed by atoms with Gasteiger partial charge in [-0.25, -0.2) is 0 Å². The van der Waals surface area contributed by atoms with E-state index in [2.05, 4.69) is 46.4 Å². The summed E-state index contributed by atoms with van der Waals surface area (Å²) in [4.78, 5) is 0. The third-order valence-electron chi connectivity index (χ3n) is 5.14. The molecule has 0 unspecified atom stereocenters. The van der Waals surface area contributed by atoms with Crippen LogP contribution < -0.4 is 24.3 Å². The molecule has 0 radical (unpaired) electrons. The molecule has 0 spiro atoms. The van der Waals surface area contributed by atoms with Gasteiger partial charge in [0.25, 0.3) is 0 Å². The van der Waals surface area contributed by atoms with Gasteiger partial charge in [0.05, 0.1) is 11.7 Å². The zero-order valence-electron chi connectivity index (χ0n) is 13.9. The summed E-state index contributed by atoms with van der Waals surface area (Å²) in [6, 6.07) is 14.4. The quantitative estimate of drug-likeness (QED) is 0.732. The summed E-state index contributed by atoms with van der Waals surface area (Å²) in [5, 5.41) is 3.67. The molecular formula is C20H16N2O4. The van der Waals surface area contributed by atoms with Gasteiger partial charge in [-0.2, -0.15) is 0 Å². The Labute approximate surface area is 149 Å². The molecular weight excluding hydrogens is 332 g/mol. The Hall–Kier alpha value is -3.12. The summed E-state index contributed by atoms with van der Waals surface area (Å²) in [7, 11) is 0. The summed E-state index contributed by atoms with van der Waals surface area (Å²) in [6.45, 7) is 1.27. The summed E-state index contributed by atoms with van der Waals surface area (Å²) in [6.07, 6.45) is 2.07. The van der Waals surface area contributed by atoms with Crippen LogP contribution in [0.1, 0.15) is 22.9 Å². The van der Waals surface area contributed by atoms with Crippen molar-refractivity contribution >= 4 is 0 Å². The molecule has 0 aliphatic carbocycles. The largest absolute Gasteiger partial charge is 0.454 e. The van der Waals surface area contributed by atoms with E-state index in [0.29, 0.717) is 0 Å². The number of nitrogens with zero attached hydrogens (tertiary/aromatic N) is 1. The molecule has 6 heteroatoms. The smallest absolute Gasteiger partial charge is 0.231 e. The second kappa shape index (κ2) is 5.19. The van der Waals surface area contributed by atoms with Crippen molar-refractivity contribution in [2.24, 2.45) is 0 Å². The first-order valence-electron chi connectivity index (χ1n) is 8.60.